The number of nitrogens with zero attached hydrogens (tertiary/aromatic N) is 2. The minimum atomic E-state index is -0.549. The second-order valence-corrected chi connectivity index (χ2v) is 8.15. The van der Waals surface area contributed by atoms with E-state index in [0.29, 0.717) is 19.5 Å². The Morgan fingerprint density at radius 3 is 2.59 bits per heavy atom. The number of benzene rings is 1. The molecule has 1 saturated carbocycles. The van der Waals surface area contributed by atoms with Gasteiger partial charge in [0.05, 0.1) is 12.0 Å². The monoisotopic (exact) mass is 372 g/mol. The van der Waals surface area contributed by atoms with Crippen LogP contribution in [0.5, 0.6) is 0 Å². The van der Waals surface area contributed by atoms with Crippen molar-refractivity contribution < 1.29 is 14.8 Å². The first-order valence-electron chi connectivity index (χ1n) is 9.88. The second-order valence-electron chi connectivity index (χ2n) is 8.15. The van der Waals surface area contributed by atoms with Crippen molar-refractivity contribution in [2.24, 2.45) is 11.3 Å². The molecule has 7 nitrogen and oxygen atoms in total. The molecule has 2 atom stereocenters. The number of nitrogens with one attached hydrogen (secondary N) is 2. The van der Waals surface area contributed by atoms with Crippen molar-refractivity contribution in [1.29, 1.82) is 0 Å². The van der Waals surface area contributed by atoms with Crippen LogP contribution in [-0.4, -0.2) is 60.7 Å². The summed E-state index contributed by atoms with van der Waals surface area (Å²) in [5.41, 5.74) is 3.10. The maximum atomic E-state index is 13.2. The number of para-hydroxylation sites is 1. The van der Waals surface area contributed by atoms with Crippen molar-refractivity contribution in [2.75, 3.05) is 37.6 Å². The Morgan fingerprint density at radius 1 is 1.11 bits per heavy atom. The molecule has 4 rings (SSSR count). The number of hydrogen-bond acceptors (Lipinski definition) is 5. The molecule has 2 amide bonds. The Balaban J connectivity index is 1.43. The highest BCUT2D eigenvalue weighted by Crippen LogP contribution is 2.52. The van der Waals surface area contributed by atoms with Crippen LogP contribution in [0.4, 0.5) is 5.69 Å². The molecule has 0 bridgehead atoms. The van der Waals surface area contributed by atoms with Crippen LogP contribution in [0.15, 0.2) is 30.3 Å². The van der Waals surface area contributed by atoms with Gasteiger partial charge >= 0.3 is 0 Å². The third-order valence-electron chi connectivity index (χ3n) is 6.35. The average molecular weight is 372 g/mol. The molecule has 2 saturated heterocycles. The third kappa shape index (κ3) is 3.80. The minimum Gasteiger partial charge on any atom is -0.370 e. The first-order valence-corrected chi connectivity index (χ1v) is 9.88. The summed E-state index contributed by atoms with van der Waals surface area (Å²) in [5, 5.41) is 12.5. The van der Waals surface area contributed by atoms with E-state index >= 15 is 0 Å². The van der Waals surface area contributed by atoms with Crippen molar-refractivity contribution >= 4 is 17.5 Å². The van der Waals surface area contributed by atoms with E-state index in [9.17, 15) is 9.59 Å². The van der Waals surface area contributed by atoms with Crippen LogP contribution >= 0.6 is 0 Å². The van der Waals surface area contributed by atoms with Crippen LogP contribution in [0.3, 0.4) is 0 Å². The molecule has 1 aromatic rings. The molecule has 2 heterocycles. The lowest BCUT2D eigenvalue weighted by Crippen LogP contribution is -2.59. The first kappa shape index (κ1) is 18.3. The molecular formula is C20H28N4O3. The van der Waals surface area contributed by atoms with Crippen molar-refractivity contribution in [3.05, 3.63) is 30.3 Å². The van der Waals surface area contributed by atoms with Crippen LogP contribution in [0.2, 0.25) is 0 Å². The zero-order valence-corrected chi connectivity index (χ0v) is 15.6. The summed E-state index contributed by atoms with van der Waals surface area (Å²) in [5.74, 6) is -0.978. The Morgan fingerprint density at radius 2 is 1.89 bits per heavy atom. The lowest BCUT2D eigenvalue weighted by Gasteiger charge is -2.37. The zero-order valence-electron chi connectivity index (χ0n) is 15.6. The highest BCUT2D eigenvalue weighted by molar-refractivity contribution is 5.90. The van der Waals surface area contributed by atoms with E-state index in [-0.39, 0.29) is 11.3 Å². The Labute approximate surface area is 159 Å². The standard InChI is InChI=1S/C20H28N4O3/c25-18(22-27)16-13-20(7-8-20)14-21-17(16)19(26)24-10-4-9-23(11-12-24)15-5-2-1-3-6-15/h1-3,5-6,16-17,21,27H,4,7-14H2,(H,22,25). The van der Waals surface area contributed by atoms with Gasteiger partial charge in [-0.1, -0.05) is 18.2 Å². The molecule has 7 heteroatoms. The lowest BCUT2D eigenvalue weighted by molar-refractivity contribution is -0.144. The molecule has 1 aromatic carbocycles. The second kappa shape index (κ2) is 7.48. The number of amides is 2. The highest BCUT2D eigenvalue weighted by atomic mass is 16.5. The molecule has 146 valence electrons. The van der Waals surface area contributed by atoms with Gasteiger partial charge in [0, 0.05) is 38.4 Å². The molecule has 0 aromatic heterocycles. The summed E-state index contributed by atoms with van der Waals surface area (Å²) in [4.78, 5) is 29.6. The molecule has 3 fully saturated rings. The van der Waals surface area contributed by atoms with Gasteiger partial charge in [0.2, 0.25) is 11.8 Å². The Hall–Kier alpha value is -2.12. The number of rotatable bonds is 3. The molecule has 1 aliphatic carbocycles. The summed E-state index contributed by atoms with van der Waals surface area (Å²) >= 11 is 0. The van der Waals surface area contributed by atoms with Crippen LogP contribution in [-0.2, 0) is 9.59 Å². The van der Waals surface area contributed by atoms with E-state index in [4.69, 9.17) is 5.21 Å². The summed E-state index contributed by atoms with van der Waals surface area (Å²) in [6.45, 7) is 3.81. The van der Waals surface area contributed by atoms with Crippen molar-refractivity contribution in [2.45, 2.75) is 31.7 Å². The van der Waals surface area contributed by atoms with Gasteiger partial charge in [-0.3, -0.25) is 14.8 Å². The first-order chi connectivity index (χ1) is 13.1. The zero-order chi connectivity index (χ0) is 18.9. The number of carbonyl (C=O) groups excluding carboxylic acids is 2. The molecule has 1 spiro atoms. The SMILES string of the molecule is O=C(NO)C1CC2(CC2)CNC1C(=O)N1CCCN(c2ccccc2)CC1. The molecule has 0 radical (unpaired) electrons. The lowest BCUT2D eigenvalue weighted by atomic mass is 9.81. The van der Waals surface area contributed by atoms with Crippen molar-refractivity contribution in [3.63, 3.8) is 0 Å². The van der Waals surface area contributed by atoms with Gasteiger partial charge in [-0.15, -0.1) is 0 Å². The molecule has 3 N–H and O–H groups in total. The summed E-state index contributed by atoms with van der Waals surface area (Å²) in [6, 6.07) is 9.70. The van der Waals surface area contributed by atoms with Gasteiger partial charge < -0.3 is 15.1 Å². The van der Waals surface area contributed by atoms with Gasteiger partial charge in [-0.05, 0) is 43.2 Å². The molecule has 2 unspecified atom stereocenters. The fourth-order valence-corrected chi connectivity index (χ4v) is 4.50. The largest absolute Gasteiger partial charge is 0.370 e. The van der Waals surface area contributed by atoms with Gasteiger partial charge in [0.25, 0.3) is 0 Å². The van der Waals surface area contributed by atoms with Crippen molar-refractivity contribution in [1.82, 2.24) is 15.7 Å². The number of hydrogen-bond donors (Lipinski definition) is 3. The van der Waals surface area contributed by atoms with E-state index in [1.807, 2.05) is 23.1 Å². The van der Waals surface area contributed by atoms with Crippen LogP contribution in [0.1, 0.15) is 25.7 Å². The molecule has 3 aliphatic rings. The number of hydroxylamine groups is 1. The smallest absolute Gasteiger partial charge is 0.248 e. The average Bonchev–Trinajstić information content (AvgIpc) is 3.50. The normalized spacial score (nSPS) is 27.1. The fourth-order valence-electron chi connectivity index (χ4n) is 4.50. The van der Waals surface area contributed by atoms with Gasteiger partial charge in [0.1, 0.15) is 0 Å². The predicted octanol–water partition coefficient (Wildman–Crippen LogP) is 0.989. The van der Waals surface area contributed by atoms with Gasteiger partial charge in [0.15, 0.2) is 0 Å². The van der Waals surface area contributed by atoms with E-state index in [0.717, 1.165) is 38.9 Å². The topological polar surface area (TPSA) is 84.9 Å². The Kier molecular flexibility index (Phi) is 5.06. The predicted molar refractivity (Wildman–Crippen MR) is 101 cm³/mol. The van der Waals surface area contributed by atoms with E-state index < -0.39 is 17.9 Å². The summed E-state index contributed by atoms with van der Waals surface area (Å²) in [6.07, 6.45) is 3.75. The highest BCUT2D eigenvalue weighted by Gasteiger charge is 2.52. The van der Waals surface area contributed by atoms with E-state index in [1.54, 1.807) is 5.48 Å². The maximum absolute atomic E-state index is 13.2. The quantitative estimate of drug-likeness (QED) is 0.544. The maximum Gasteiger partial charge on any atom is 0.248 e. The summed E-state index contributed by atoms with van der Waals surface area (Å²) < 4.78 is 0. The van der Waals surface area contributed by atoms with E-state index in [1.165, 1.54) is 5.69 Å². The summed E-state index contributed by atoms with van der Waals surface area (Å²) in [7, 11) is 0. The van der Waals surface area contributed by atoms with Crippen LogP contribution < -0.4 is 15.7 Å². The van der Waals surface area contributed by atoms with Crippen LogP contribution in [0, 0.1) is 11.3 Å². The molecular weight excluding hydrogens is 344 g/mol. The fraction of sp³-hybridized carbons (Fsp3) is 0.600. The number of piperidine rings is 1. The number of carbonyl (C=O) groups is 2. The number of anilines is 1. The van der Waals surface area contributed by atoms with Crippen molar-refractivity contribution in [3.8, 4) is 0 Å². The van der Waals surface area contributed by atoms with Crippen LogP contribution in [0.25, 0.3) is 0 Å². The van der Waals surface area contributed by atoms with E-state index in [2.05, 4.69) is 22.3 Å². The molecule has 27 heavy (non-hydrogen) atoms. The Bertz CT molecular complexity index is 692. The van der Waals surface area contributed by atoms with Gasteiger partial charge in [-0.25, -0.2) is 5.48 Å². The minimum absolute atomic E-state index is 0.0194. The third-order valence-corrected chi connectivity index (χ3v) is 6.35. The van der Waals surface area contributed by atoms with Gasteiger partial charge in [-0.2, -0.15) is 0 Å². The molecule has 2 aliphatic heterocycles.